The van der Waals surface area contributed by atoms with Gasteiger partial charge in [-0.15, -0.1) is 11.3 Å². The molecule has 1 aromatic heterocycles. The zero-order chi connectivity index (χ0) is 12.8. The van der Waals surface area contributed by atoms with E-state index in [0.717, 1.165) is 19.0 Å². The molecule has 0 amide bonds. The Kier molecular flexibility index (Phi) is 5.93. The topological polar surface area (TPSA) is 12.0 Å². The number of halogens is 1. The Bertz CT molecular complexity index is 391. The van der Waals surface area contributed by atoms with Gasteiger partial charge < -0.3 is 5.32 Å². The minimum Gasteiger partial charge on any atom is -0.313 e. The van der Waals surface area contributed by atoms with Crippen molar-refractivity contribution in [2.45, 2.75) is 39.0 Å². The van der Waals surface area contributed by atoms with Crippen LogP contribution in [0.1, 0.15) is 44.6 Å². The molecule has 3 heteroatoms. The van der Waals surface area contributed by atoms with Gasteiger partial charge in [-0.1, -0.05) is 37.8 Å². The lowest BCUT2D eigenvalue weighted by Crippen LogP contribution is -2.22. The van der Waals surface area contributed by atoms with Crippen LogP contribution in [0.2, 0.25) is 0 Å². The summed E-state index contributed by atoms with van der Waals surface area (Å²) >= 11 is 5.31. The largest absolute Gasteiger partial charge is 0.313 e. The lowest BCUT2D eigenvalue weighted by Gasteiger charge is -2.25. The average molecular weight is 328 g/mol. The van der Waals surface area contributed by atoms with Crippen LogP contribution >= 0.6 is 27.3 Å². The Morgan fingerprint density at radius 3 is 2.83 bits per heavy atom. The van der Waals surface area contributed by atoms with Gasteiger partial charge in [-0.2, -0.15) is 0 Å². The predicted octanol–water partition coefficient (Wildman–Crippen LogP) is 5.08. The fraction of sp³-hybridized carbons (Fsp3) is 0.600. The maximum Gasteiger partial charge on any atom is 0.0704 e. The molecule has 1 nitrogen and oxygen atoms in total. The van der Waals surface area contributed by atoms with Crippen molar-refractivity contribution in [3.05, 3.63) is 26.4 Å². The molecular weight excluding hydrogens is 306 g/mol. The number of rotatable bonds is 5. The molecule has 100 valence electrons. The zero-order valence-electron chi connectivity index (χ0n) is 11.0. The summed E-state index contributed by atoms with van der Waals surface area (Å²) in [5.74, 6) is 0.802. The molecule has 0 atom stereocenters. The van der Waals surface area contributed by atoms with Crippen LogP contribution in [-0.2, 0) is 0 Å². The monoisotopic (exact) mass is 327 g/mol. The van der Waals surface area contributed by atoms with Crippen LogP contribution in [0.15, 0.2) is 20.8 Å². The minimum atomic E-state index is 0.802. The number of hydrogen-bond acceptors (Lipinski definition) is 2. The Morgan fingerprint density at radius 2 is 2.22 bits per heavy atom. The number of likely N-dealkylation sites (N-methyl/N-ethyl adjacent to an activating group) is 1. The Balaban J connectivity index is 2.10. The Morgan fingerprint density at radius 1 is 1.44 bits per heavy atom. The maximum absolute atomic E-state index is 3.54. The van der Waals surface area contributed by atoms with Crippen molar-refractivity contribution in [2.75, 3.05) is 13.1 Å². The van der Waals surface area contributed by atoms with E-state index in [9.17, 15) is 0 Å². The first-order chi connectivity index (χ1) is 8.79. The summed E-state index contributed by atoms with van der Waals surface area (Å²) in [6.45, 7) is 4.28. The van der Waals surface area contributed by atoms with E-state index in [-0.39, 0.29) is 0 Å². The summed E-state index contributed by atoms with van der Waals surface area (Å²) in [7, 11) is 0. The molecule has 1 fully saturated rings. The average Bonchev–Trinajstić information content (AvgIpc) is 2.81. The van der Waals surface area contributed by atoms with Crippen LogP contribution in [0, 0.1) is 5.92 Å². The molecule has 1 aliphatic carbocycles. The van der Waals surface area contributed by atoms with Crippen molar-refractivity contribution in [1.29, 1.82) is 0 Å². The van der Waals surface area contributed by atoms with Crippen LogP contribution in [0.3, 0.4) is 0 Å². The second-order valence-electron chi connectivity index (χ2n) is 5.02. The van der Waals surface area contributed by atoms with Crippen LogP contribution < -0.4 is 5.32 Å². The van der Waals surface area contributed by atoms with Crippen molar-refractivity contribution in [1.82, 2.24) is 5.32 Å². The highest BCUT2D eigenvalue weighted by Gasteiger charge is 2.17. The van der Waals surface area contributed by atoms with Gasteiger partial charge in [0.2, 0.25) is 0 Å². The second-order valence-corrected chi connectivity index (χ2v) is 7.31. The second kappa shape index (κ2) is 7.46. The minimum absolute atomic E-state index is 0.802. The van der Waals surface area contributed by atoms with Crippen LogP contribution in [0.4, 0.5) is 0 Å². The van der Waals surface area contributed by atoms with E-state index >= 15 is 0 Å². The Hall–Kier alpha value is -0.120. The molecule has 1 aromatic rings. The highest BCUT2D eigenvalue weighted by Crippen LogP contribution is 2.31. The first-order valence-corrected chi connectivity index (χ1v) is 8.62. The first kappa shape index (κ1) is 14.3. The molecule has 0 unspecified atom stereocenters. The summed E-state index contributed by atoms with van der Waals surface area (Å²) in [6.07, 6.45) is 9.39. The predicted molar refractivity (Wildman–Crippen MR) is 85.1 cm³/mol. The van der Waals surface area contributed by atoms with E-state index in [1.807, 2.05) is 0 Å². The number of hydrogen-bond donors (Lipinski definition) is 1. The van der Waals surface area contributed by atoms with Crippen molar-refractivity contribution >= 4 is 33.3 Å². The van der Waals surface area contributed by atoms with E-state index in [4.69, 9.17) is 0 Å². The van der Waals surface area contributed by atoms with Crippen molar-refractivity contribution in [3.63, 3.8) is 0 Å². The summed E-state index contributed by atoms with van der Waals surface area (Å²) in [4.78, 5) is 0. The molecule has 1 N–H and O–H groups in total. The molecule has 0 spiro atoms. The lowest BCUT2D eigenvalue weighted by atomic mass is 9.83. The molecule has 0 saturated heterocycles. The smallest absolute Gasteiger partial charge is 0.0704 e. The van der Waals surface area contributed by atoms with Crippen LogP contribution in [-0.4, -0.2) is 13.1 Å². The molecule has 0 bridgehead atoms. The molecule has 2 rings (SSSR count). The lowest BCUT2D eigenvalue weighted by molar-refractivity contribution is 0.397. The normalized spacial score (nSPS) is 18.2. The summed E-state index contributed by atoms with van der Waals surface area (Å²) in [5.41, 5.74) is 2.95. The fourth-order valence-corrected chi connectivity index (χ4v) is 3.80. The van der Waals surface area contributed by atoms with Crippen molar-refractivity contribution in [3.8, 4) is 0 Å². The number of thiophene rings is 1. The zero-order valence-corrected chi connectivity index (χ0v) is 13.4. The number of nitrogens with one attached hydrogen (secondary N) is 1. The quantitative estimate of drug-likeness (QED) is 0.794. The molecule has 0 aliphatic heterocycles. The van der Waals surface area contributed by atoms with Gasteiger partial charge in [0.1, 0.15) is 0 Å². The van der Waals surface area contributed by atoms with Gasteiger partial charge in [0, 0.05) is 6.54 Å². The van der Waals surface area contributed by atoms with Gasteiger partial charge in [-0.05, 0) is 58.2 Å². The third-order valence-corrected chi connectivity index (χ3v) is 5.17. The van der Waals surface area contributed by atoms with Crippen molar-refractivity contribution < 1.29 is 0 Å². The molecule has 1 aliphatic rings. The highest BCUT2D eigenvalue weighted by molar-refractivity contribution is 9.11. The molecule has 0 radical (unpaired) electrons. The summed E-state index contributed by atoms with van der Waals surface area (Å²) < 4.78 is 1.22. The molecule has 1 saturated carbocycles. The SMILES string of the molecule is CCNCC(=Cc1csc(Br)c1)C1CCCCC1. The summed E-state index contributed by atoms with van der Waals surface area (Å²) in [6, 6.07) is 2.22. The van der Waals surface area contributed by atoms with E-state index in [1.54, 1.807) is 16.9 Å². The third kappa shape index (κ3) is 4.22. The van der Waals surface area contributed by atoms with E-state index in [2.05, 4.69) is 45.7 Å². The van der Waals surface area contributed by atoms with E-state index in [0.29, 0.717) is 0 Å². The Labute approximate surface area is 123 Å². The van der Waals surface area contributed by atoms with Gasteiger partial charge in [0.25, 0.3) is 0 Å². The van der Waals surface area contributed by atoms with Crippen LogP contribution in [0.5, 0.6) is 0 Å². The van der Waals surface area contributed by atoms with Gasteiger partial charge in [-0.25, -0.2) is 0 Å². The molecular formula is C15H22BrNS. The third-order valence-electron chi connectivity index (χ3n) is 3.65. The van der Waals surface area contributed by atoms with E-state index in [1.165, 1.54) is 41.5 Å². The standard InChI is InChI=1S/C15H22BrNS/c1-2-17-10-14(13-6-4-3-5-7-13)8-12-9-15(16)18-11-12/h8-9,11,13,17H,2-7,10H2,1H3. The molecule has 18 heavy (non-hydrogen) atoms. The van der Waals surface area contributed by atoms with Gasteiger partial charge in [0.05, 0.1) is 3.79 Å². The molecule has 1 heterocycles. The van der Waals surface area contributed by atoms with Gasteiger partial charge >= 0.3 is 0 Å². The van der Waals surface area contributed by atoms with Gasteiger partial charge in [0.15, 0.2) is 0 Å². The van der Waals surface area contributed by atoms with Crippen LogP contribution in [0.25, 0.3) is 6.08 Å². The summed E-state index contributed by atoms with van der Waals surface area (Å²) in [5, 5.41) is 5.73. The first-order valence-electron chi connectivity index (χ1n) is 6.95. The molecule has 0 aromatic carbocycles. The fourth-order valence-electron chi connectivity index (χ4n) is 2.67. The highest BCUT2D eigenvalue weighted by atomic mass is 79.9. The van der Waals surface area contributed by atoms with Gasteiger partial charge in [-0.3, -0.25) is 0 Å². The maximum atomic E-state index is 3.54. The van der Waals surface area contributed by atoms with Crippen molar-refractivity contribution in [2.24, 2.45) is 5.92 Å². The van der Waals surface area contributed by atoms with E-state index < -0.39 is 0 Å².